The van der Waals surface area contributed by atoms with Gasteiger partial charge >= 0.3 is 0 Å². The third-order valence-corrected chi connectivity index (χ3v) is 4.81. The normalized spacial score (nSPS) is 15.8. The smallest absolute Gasteiger partial charge is 0.202 e. The quantitative estimate of drug-likeness (QED) is 0.263. The number of amidine groups is 1. The highest BCUT2D eigenvalue weighted by atomic mass is 16.5. The largest absolute Gasteiger partial charge is 0.356 e. The summed E-state index contributed by atoms with van der Waals surface area (Å²) in [5.74, 6) is 1.76. The molecule has 0 spiro atoms. The molecule has 0 aromatic carbocycles. The number of aromatic nitrogens is 3. The summed E-state index contributed by atoms with van der Waals surface area (Å²) in [5.41, 5.74) is 4.48. The minimum Gasteiger partial charge on any atom is -0.356 e. The summed E-state index contributed by atoms with van der Waals surface area (Å²) in [7, 11) is 0. The number of nitrogens with zero attached hydrogens (tertiary/aromatic N) is 3. The minimum atomic E-state index is 0.264. The topological polar surface area (TPSA) is 98.2 Å². The van der Waals surface area contributed by atoms with Gasteiger partial charge in [0, 0.05) is 18.3 Å². The fourth-order valence-electron chi connectivity index (χ4n) is 3.40. The molecule has 2 aromatic heterocycles. The first-order valence-corrected chi connectivity index (χ1v) is 9.10. The van der Waals surface area contributed by atoms with Gasteiger partial charge in [-0.25, -0.2) is 9.98 Å². The highest BCUT2D eigenvalue weighted by Crippen LogP contribution is 2.26. The second kappa shape index (κ2) is 8.62. The summed E-state index contributed by atoms with van der Waals surface area (Å²) in [6.07, 6.45) is 11.1. The van der Waals surface area contributed by atoms with Gasteiger partial charge in [-0.3, -0.25) is 10.7 Å². The maximum atomic E-state index is 9.45. The predicted molar refractivity (Wildman–Crippen MR) is 104 cm³/mol. The van der Waals surface area contributed by atoms with Crippen LogP contribution >= 0.6 is 0 Å². The van der Waals surface area contributed by atoms with Gasteiger partial charge in [-0.1, -0.05) is 45.3 Å². The average molecular weight is 354 g/mol. The van der Waals surface area contributed by atoms with E-state index in [0.717, 1.165) is 18.9 Å². The molecule has 4 N–H and O–H groups in total. The van der Waals surface area contributed by atoms with Gasteiger partial charge < -0.3 is 10.3 Å². The molecule has 0 aliphatic heterocycles. The first-order chi connectivity index (χ1) is 12.7. The predicted octanol–water partition coefficient (Wildman–Crippen LogP) is 3.77. The van der Waals surface area contributed by atoms with Crippen molar-refractivity contribution < 1.29 is 5.21 Å². The number of imidazole rings is 1. The average Bonchev–Trinajstić information content (AvgIpc) is 3.09. The Morgan fingerprint density at radius 2 is 2.19 bits per heavy atom. The van der Waals surface area contributed by atoms with Crippen LogP contribution in [0.1, 0.15) is 44.1 Å². The van der Waals surface area contributed by atoms with Gasteiger partial charge in [0.2, 0.25) is 5.95 Å². The Kier molecular flexibility index (Phi) is 6.01. The minimum absolute atomic E-state index is 0.264. The summed E-state index contributed by atoms with van der Waals surface area (Å²) in [4.78, 5) is 16.2. The summed E-state index contributed by atoms with van der Waals surface area (Å²) in [6.45, 7) is 8.25. The molecule has 26 heavy (non-hydrogen) atoms. The Labute approximate surface area is 153 Å². The number of pyridine rings is 1. The van der Waals surface area contributed by atoms with Gasteiger partial charge in [-0.05, 0) is 24.5 Å². The lowest BCUT2D eigenvalue weighted by atomic mass is 9.87. The monoisotopic (exact) mass is 354 g/mol. The fraction of sp³-hybridized carbons (Fsp3) is 0.421. The van der Waals surface area contributed by atoms with Crippen molar-refractivity contribution in [2.24, 2.45) is 10.9 Å². The number of rotatable bonds is 7. The lowest BCUT2D eigenvalue weighted by molar-refractivity contribution is 0.235. The van der Waals surface area contributed by atoms with Crippen LogP contribution in [-0.4, -0.2) is 32.5 Å². The Morgan fingerprint density at radius 3 is 2.92 bits per heavy atom. The number of hydroxylamine groups is 1. The van der Waals surface area contributed by atoms with E-state index in [-0.39, 0.29) is 5.84 Å². The lowest BCUT2D eigenvalue weighted by Gasteiger charge is -2.21. The number of aliphatic imine (C=N–C) groups is 1. The first kappa shape index (κ1) is 18.1. The number of H-pyrrole nitrogens is 1. The number of anilines is 1. The Morgan fingerprint density at radius 1 is 1.38 bits per heavy atom. The lowest BCUT2D eigenvalue weighted by Crippen LogP contribution is -2.21. The molecule has 1 saturated carbocycles. The summed E-state index contributed by atoms with van der Waals surface area (Å²) < 4.78 is 0. The van der Waals surface area contributed by atoms with Crippen molar-refractivity contribution in [3.8, 4) is 0 Å². The molecule has 1 aliphatic rings. The van der Waals surface area contributed by atoms with Crippen molar-refractivity contribution in [1.29, 1.82) is 0 Å². The van der Waals surface area contributed by atoms with E-state index >= 15 is 0 Å². The van der Waals surface area contributed by atoms with Crippen molar-refractivity contribution in [1.82, 2.24) is 20.4 Å². The van der Waals surface area contributed by atoms with E-state index in [1.807, 2.05) is 0 Å². The fourth-order valence-corrected chi connectivity index (χ4v) is 3.40. The zero-order chi connectivity index (χ0) is 18.4. The van der Waals surface area contributed by atoms with Crippen LogP contribution in [0.5, 0.6) is 0 Å². The van der Waals surface area contributed by atoms with Gasteiger partial charge in [0.05, 0.1) is 11.2 Å². The Hall–Kier alpha value is -2.67. The highest BCUT2D eigenvalue weighted by Gasteiger charge is 2.15. The second-order valence-corrected chi connectivity index (χ2v) is 6.63. The van der Waals surface area contributed by atoms with Crippen molar-refractivity contribution in [3.63, 3.8) is 0 Å². The summed E-state index contributed by atoms with van der Waals surface area (Å²) in [6, 6.07) is 1.75. The molecule has 0 atom stereocenters. The summed E-state index contributed by atoms with van der Waals surface area (Å²) in [5, 5.41) is 12.8. The van der Waals surface area contributed by atoms with Crippen LogP contribution < -0.4 is 10.8 Å². The number of hydrogen-bond acceptors (Lipinski definition) is 5. The van der Waals surface area contributed by atoms with E-state index in [1.165, 1.54) is 38.2 Å². The first-order valence-electron chi connectivity index (χ1n) is 9.10. The molecule has 0 unspecified atom stereocenters. The third kappa shape index (κ3) is 4.29. The molecule has 7 nitrogen and oxygen atoms in total. The Balaban J connectivity index is 1.74. The van der Waals surface area contributed by atoms with E-state index in [9.17, 15) is 5.21 Å². The molecule has 3 rings (SSSR count). The van der Waals surface area contributed by atoms with Crippen molar-refractivity contribution >= 4 is 22.9 Å². The van der Waals surface area contributed by atoms with Gasteiger partial charge in [-0.2, -0.15) is 4.98 Å². The number of fused-ring (bicyclic) bond motifs is 1. The molecule has 0 saturated heterocycles. The number of aromatic amines is 1. The molecular formula is C19H26N6O. The maximum absolute atomic E-state index is 9.45. The van der Waals surface area contributed by atoms with Gasteiger partial charge in [0.1, 0.15) is 0 Å². The van der Waals surface area contributed by atoms with Gasteiger partial charge in [-0.15, -0.1) is 0 Å². The van der Waals surface area contributed by atoms with Crippen LogP contribution in [0, 0.1) is 5.92 Å². The van der Waals surface area contributed by atoms with Crippen LogP contribution in [0.2, 0.25) is 0 Å². The van der Waals surface area contributed by atoms with Crippen molar-refractivity contribution in [3.05, 3.63) is 42.8 Å². The van der Waals surface area contributed by atoms with Crippen molar-refractivity contribution in [2.75, 3.05) is 11.9 Å². The molecule has 7 heteroatoms. The van der Waals surface area contributed by atoms with Crippen molar-refractivity contribution in [2.45, 2.75) is 38.5 Å². The summed E-state index contributed by atoms with van der Waals surface area (Å²) >= 11 is 0. The molecule has 1 fully saturated rings. The zero-order valence-electron chi connectivity index (χ0n) is 15.0. The highest BCUT2D eigenvalue weighted by molar-refractivity contribution is 6.07. The maximum Gasteiger partial charge on any atom is 0.202 e. The van der Waals surface area contributed by atoms with E-state index in [2.05, 4.69) is 43.9 Å². The number of hydrogen-bond donors (Lipinski definition) is 4. The van der Waals surface area contributed by atoms with Gasteiger partial charge in [0.25, 0.3) is 0 Å². The molecular weight excluding hydrogens is 328 g/mol. The molecule has 0 amide bonds. The third-order valence-electron chi connectivity index (χ3n) is 4.81. The molecule has 138 valence electrons. The van der Waals surface area contributed by atoms with Crippen LogP contribution in [-0.2, 0) is 0 Å². The Bertz CT molecular complexity index is 803. The van der Waals surface area contributed by atoms with Gasteiger partial charge in [0.15, 0.2) is 11.5 Å². The van der Waals surface area contributed by atoms with Crippen LogP contribution in [0.3, 0.4) is 0 Å². The number of nitrogens with one attached hydrogen (secondary N) is 3. The molecule has 2 aromatic rings. The molecule has 0 bridgehead atoms. The van der Waals surface area contributed by atoms with E-state index in [1.54, 1.807) is 12.3 Å². The van der Waals surface area contributed by atoms with Crippen LogP contribution in [0.25, 0.3) is 11.2 Å². The number of allylic oxidation sites excluding steroid dienone is 1. The molecule has 1 aliphatic carbocycles. The second-order valence-electron chi connectivity index (χ2n) is 6.63. The van der Waals surface area contributed by atoms with Crippen LogP contribution in [0.4, 0.5) is 5.95 Å². The van der Waals surface area contributed by atoms with E-state index < -0.39 is 0 Å². The molecule has 0 radical (unpaired) electrons. The van der Waals surface area contributed by atoms with E-state index in [4.69, 9.17) is 0 Å². The SMILES string of the molecule is C=CC(=C)N=C(NO)c1ccnc2nc(NCCC3CCCCC3)[nH]c12. The standard InChI is InChI=1S/C19H26N6O/c1-3-13(2)22-17(25-26)15-10-12-20-18-16(15)23-19(24-18)21-11-9-14-7-5-4-6-8-14/h3,10,12,14,26H,1-2,4-9,11H2,(H,22,25)(H2,20,21,23,24). The van der Waals surface area contributed by atoms with Crippen LogP contribution in [0.15, 0.2) is 42.2 Å². The van der Waals surface area contributed by atoms with E-state index in [0.29, 0.717) is 28.4 Å². The molecule has 2 heterocycles. The zero-order valence-corrected chi connectivity index (χ0v) is 15.0.